The Morgan fingerprint density at radius 1 is 1.32 bits per heavy atom. The van der Waals surface area contributed by atoms with Gasteiger partial charge in [0, 0.05) is 12.5 Å². The van der Waals surface area contributed by atoms with Gasteiger partial charge in [-0.2, -0.15) is 4.73 Å². The minimum absolute atomic E-state index is 0. The summed E-state index contributed by atoms with van der Waals surface area (Å²) in [5.74, 6) is 0.422. The van der Waals surface area contributed by atoms with E-state index < -0.39 is 0 Å². The number of nitrogens with zero attached hydrogens (tertiary/aromatic N) is 2. The fraction of sp³-hybridized carbons (Fsp3) is 0.286. The van der Waals surface area contributed by atoms with Crippen molar-refractivity contribution in [2.45, 2.75) is 20.3 Å². The topological polar surface area (TPSA) is 55.6 Å². The van der Waals surface area contributed by atoms with Crippen LogP contribution in [-0.4, -0.2) is 9.97 Å². The SMILES string of the molecule is CC(C)Cc1c2nc[nH]c2c2ccccc2[n+]1[O-].Cl. The Morgan fingerprint density at radius 2 is 2.05 bits per heavy atom. The molecule has 0 aliphatic rings. The fourth-order valence-corrected chi connectivity index (χ4v) is 2.39. The predicted molar refractivity (Wildman–Crippen MR) is 78.3 cm³/mol. The monoisotopic (exact) mass is 277 g/mol. The van der Waals surface area contributed by atoms with E-state index in [1.807, 2.05) is 24.3 Å². The molecule has 0 saturated carbocycles. The van der Waals surface area contributed by atoms with E-state index in [4.69, 9.17) is 0 Å². The number of nitrogens with one attached hydrogen (secondary N) is 1. The molecule has 0 saturated heterocycles. The van der Waals surface area contributed by atoms with Crippen molar-refractivity contribution in [3.05, 3.63) is 41.5 Å². The summed E-state index contributed by atoms with van der Waals surface area (Å²) in [6.45, 7) is 4.21. The van der Waals surface area contributed by atoms with E-state index in [1.54, 1.807) is 6.33 Å². The number of H-pyrrole nitrogens is 1. The molecule has 100 valence electrons. The van der Waals surface area contributed by atoms with Crippen molar-refractivity contribution in [2.75, 3.05) is 0 Å². The number of para-hydroxylation sites is 1. The number of aromatic nitrogens is 3. The molecule has 0 aliphatic carbocycles. The molecule has 3 rings (SSSR count). The van der Waals surface area contributed by atoms with Crippen LogP contribution >= 0.6 is 12.4 Å². The molecule has 2 heterocycles. The molecule has 0 radical (unpaired) electrons. The van der Waals surface area contributed by atoms with E-state index in [2.05, 4.69) is 23.8 Å². The molecule has 3 aromatic rings. The van der Waals surface area contributed by atoms with Crippen LogP contribution in [0, 0.1) is 11.1 Å². The van der Waals surface area contributed by atoms with E-state index in [0.717, 1.165) is 33.3 Å². The number of halogens is 1. The molecule has 0 unspecified atom stereocenters. The molecule has 4 nitrogen and oxygen atoms in total. The quantitative estimate of drug-likeness (QED) is 0.578. The Bertz CT molecular complexity index is 721. The van der Waals surface area contributed by atoms with Gasteiger partial charge in [0.05, 0.1) is 17.2 Å². The number of rotatable bonds is 2. The van der Waals surface area contributed by atoms with Crippen molar-refractivity contribution in [1.29, 1.82) is 0 Å². The number of pyridine rings is 1. The normalized spacial score (nSPS) is 11.1. The highest BCUT2D eigenvalue weighted by molar-refractivity contribution is 6.00. The third kappa shape index (κ3) is 2.12. The van der Waals surface area contributed by atoms with Gasteiger partial charge in [-0.05, 0) is 12.0 Å². The number of imidazole rings is 1. The Balaban J connectivity index is 0.00000133. The number of benzene rings is 1. The molecule has 0 fully saturated rings. The standard InChI is InChI=1S/C14H15N3O.ClH/c1-9(2)7-12-14-13(15-8-16-14)10-5-3-4-6-11(10)17(12)18;/h3-6,8-9H,7H2,1-2H3,(H,15,16);1H. The van der Waals surface area contributed by atoms with Gasteiger partial charge in [0.2, 0.25) is 11.2 Å². The number of hydrogen-bond donors (Lipinski definition) is 1. The third-order valence-electron chi connectivity index (χ3n) is 3.15. The lowest BCUT2D eigenvalue weighted by Crippen LogP contribution is -2.34. The van der Waals surface area contributed by atoms with Gasteiger partial charge >= 0.3 is 0 Å². The van der Waals surface area contributed by atoms with Gasteiger partial charge in [0.25, 0.3) is 0 Å². The van der Waals surface area contributed by atoms with Gasteiger partial charge in [0.1, 0.15) is 0 Å². The van der Waals surface area contributed by atoms with Gasteiger partial charge in [-0.1, -0.05) is 26.0 Å². The molecule has 0 atom stereocenters. The summed E-state index contributed by atoms with van der Waals surface area (Å²) in [6, 6.07) is 7.62. The summed E-state index contributed by atoms with van der Waals surface area (Å²) < 4.78 is 1.03. The first-order valence-electron chi connectivity index (χ1n) is 6.14. The molecule has 0 bridgehead atoms. The Morgan fingerprint density at radius 3 is 2.79 bits per heavy atom. The highest BCUT2D eigenvalue weighted by atomic mass is 35.5. The van der Waals surface area contributed by atoms with Crippen LogP contribution in [0.2, 0.25) is 0 Å². The molecule has 0 spiro atoms. The zero-order chi connectivity index (χ0) is 12.7. The highest BCUT2D eigenvalue weighted by Crippen LogP contribution is 2.23. The van der Waals surface area contributed by atoms with Crippen molar-refractivity contribution in [1.82, 2.24) is 9.97 Å². The zero-order valence-corrected chi connectivity index (χ0v) is 11.7. The van der Waals surface area contributed by atoms with Crippen LogP contribution in [0.5, 0.6) is 0 Å². The van der Waals surface area contributed by atoms with Crippen LogP contribution in [0.4, 0.5) is 0 Å². The van der Waals surface area contributed by atoms with Gasteiger partial charge in [0.15, 0.2) is 5.52 Å². The summed E-state index contributed by atoms with van der Waals surface area (Å²) in [7, 11) is 0. The van der Waals surface area contributed by atoms with Crippen molar-refractivity contribution in [2.24, 2.45) is 5.92 Å². The molecule has 1 aromatic carbocycles. The second-order valence-electron chi connectivity index (χ2n) is 4.98. The minimum atomic E-state index is 0. The number of fused-ring (bicyclic) bond motifs is 3. The molecule has 0 aliphatic heterocycles. The first kappa shape index (κ1) is 13.6. The van der Waals surface area contributed by atoms with Crippen LogP contribution in [0.3, 0.4) is 0 Å². The lowest BCUT2D eigenvalue weighted by atomic mass is 10.0. The molecule has 1 N–H and O–H groups in total. The number of aromatic amines is 1. The van der Waals surface area contributed by atoms with Gasteiger partial charge in [-0.25, -0.2) is 4.98 Å². The molecule has 0 amide bonds. The second kappa shape index (κ2) is 5.05. The van der Waals surface area contributed by atoms with Crippen molar-refractivity contribution < 1.29 is 4.73 Å². The Hall–Kier alpha value is -1.81. The van der Waals surface area contributed by atoms with E-state index in [1.165, 1.54) is 0 Å². The highest BCUT2D eigenvalue weighted by Gasteiger charge is 2.20. The van der Waals surface area contributed by atoms with Gasteiger partial charge < -0.3 is 10.2 Å². The lowest BCUT2D eigenvalue weighted by molar-refractivity contribution is -0.584. The molecule has 5 heteroatoms. The summed E-state index contributed by atoms with van der Waals surface area (Å²) >= 11 is 0. The zero-order valence-electron chi connectivity index (χ0n) is 10.9. The Kier molecular flexibility index (Phi) is 3.62. The van der Waals surface area contributed by atoms with Crippen LogP contribution in [-0.2, 0) is 6.42 Å². The summed E-state index contributed by atoms with van der Waals surface area (Å²) in [6.07, 6.45) is 2.39. The van der Waals surface area contributed by atoms with Crippen LogP contribution in [0.1, 0.15) is 19.5 Å². The van der Waals surface area contributed by atoms with E-state index >= 15 is 0 Å². The smallest absolute Gasteiger partial charge is 0.226 e. The fourth-order valence-electron chi connectivity index (χ4n) is 2.39. The van der Waals surface area contributed by atoms with Crippen molar-refractivity contribution >= 4 is 34.3 Å². The molecular formula is C14H16ClN3O. The van der Waals surface area contributed by atoms with Crippen LogP contribution < -0.4 is 4.73 Å². The van der Waals surface area contributed by atoms with Crippen molar-refractivity contribution in [3.8, 4) is 0 Å². The van der Waals surface area contributed by atoms with Crippen LogP contribution in [0.15, 0.2) is 30.6 Å². The summed E-state index contributed by atoms with van der Waals surface area (Å²) in [5.41, 5.74) is 3.19. The average Bonchev–Trinajstić information content (AvgIpc) is 2.83. The molecule has 19 heavy (non-hydrogen) atoms. The lowest BCUT2D eigenvalue weighted by Gasteiger charge is -2.10. The Labute approximate surface area is 117 Å². The van der Waals surface area contributed by atoms with Crippen LogP contribution in [0.25, 0.3) is 21.9 Å². The average molecular weight is 278 g/mol. The van der Waals surface area contributed by atoms with Crippen molar-refractivity contribution in [3.63, 3.8) is 0 Å². The maximum atomic E-state index is 12.4. The van der Waals surface area contributed by atoms with Gasteiger partial charge in [-0.3, -0.25) is 0 Å². The molecular weight excluding hydrogens is 262 g/mol. The maximum absolute atomic E-state index is 12.4. The predicted octanol–water partition coefficient (Wildman–Crippen LogP) is 2.97. The molecule has 2 aromatic heterocycles. The minimum Gasteiger partial charge on any atom is -0.618 e. The second-order valence-corrected chi connectivity index (χ2v) is 4.98. The first-order valence-corrected chi connectivity index (χ1v) is 6.14. The number of hydrogen-bond acceptors (Lipinski definition) is 2. The van der Waals surface area contributed by atoms with E-state index in [-0.39, 0.29) is 12.4 Å². The van der Waals surface area contributed by atoms with E-state index in [0.29, 0.717) is 11.4 Å². The largest absolute Gasteiger partial charge is 0.618 e. The summed E-state index contributed by atoms with van der Waals surface area (Å²) in [5, 5.41) is 13.4. The van der Waals surface area contributed by atoms with E-state index in [9.17, 15) is 5.21 Å². The maximum Gasteiger partial charge on any atom is 0.226 e. The first-order chi connectivity index (χ1) is 8.68. The summed E-state index contributed by atoms with van der Waals surface area (Å²) in [4.78, 5) is 7.45. The van der Waals surface area contributed by atoms with Gasteiger partial charge in [-0.15, -0.1) is 12.4 Å². The third-order valence-corrected chi connectivity index (χ3v) is 3.15.